The van der Waals surface area contributed by atoms with Gasteiger partial charge in [0.25, 0.3) is 0 Å². The van der Waals surface area contributed by atoms with Gasteiger partial charge in [0, 0.05) is 30.6 Å². The normalized spacial score (nSPS) is 11.5. The summed E-state index contributed by atoms with van der Waals surface area (Å²) in [6.45, 7) is 8.66. The summed E-state index contributed by atoms with van der Waals surface area (Å²) in [5.41, 5.74) is 7.11. The average molecular weight is 357 g/mol. The smallest absolute Gasteiger partial charge is 0.114 e. The predicted molar refractivity (Wildman–Crippen MR) is 103 cm³/mol. The molecule has 116 valence electrons. The van der Waals surface area contributed by atoms with E-state index >= 15 is 0 Å². The Morgan fingerprint density at radius 1 is 0.696 bits per heavy atom. The third kappa shape index (κ3) is 2.43. The lowest BCUT2D eigenvalue weighted by Crippen LogP contribution is -1.84. The minimum absolute atomic E-state index is 1.03. The Kier molecular flexibility index (Phi) is 3.59. The van der Waals surface area contributed by atoms with Crippen LogP contribution < -0.4 is 0 Å². The largest absolute Gasteiger partial charge is 0.172 e. The first-order valence-electron chi connectivity index (χ1n) is 7.44. The van der Waals surface area contributed by atoms with Crippen LogP contribution in [0.25, 0.3) is 31.9 Å². The number of fused-ring (bicyclic) bond motifs is 1. The van der Waals surface area contributed by atoms with Crippen molar-refractivity contribution in [1.82, 2.24) is 8.75 Å². The van der Waals surface area contributed by atoms with E-state index in [1.54, 1.807) is 0 Å². The molecule has 0 N–H and O–H groups in total. The second-order valence-electron chi connectivity index (χ2n) is 5.86. The van der Waals surface area contributed by atoms with Crippen LogP contribution in [0.3, 0.4) is 0 Å². The van der Waals surface area contributed by atoms with Gasteiger partial charge in [-0.15, -0.1) is 22.7 Å². The molecule has 0 fully saturated rings. The minimum atomic E-state index is 1.03. The molecule has 0 aliphatic carbocycles. The first-order valence-corrected chi connectivity index (χ1v) is 9.81. The summed E-state index contributed by atoms with van der Waals surface area (Å²) >= 11 is 4.97. The van der Waals surface area contributed by atoms with Crippen LogP contribution in [0.2, 0.25) is 0 Å². The van der Waals surface area contributed by atoms with Crippen molar-refractivity contribution >= 4 is 45.4 Å². The number of aryl methyl sites for hydroxylation is 4. The predicted octanol–water partition coefficient (Wildman–Crippen LogP) is 6.38. The summed E-state index contributed by atoms with van der Waals surface area (Å²) < 4.78 is 9.22. The lowest BCUT2D eigenvalue weighted by atomic mass is 10.0. The van der Waals surface area contributed by atoms with Gasteiger partial charge in [0.15, 0.2) is 0 Å². The van der Waals surface area contributed by atoms with E-state index in [1.165, 1.54) is 53.5 Å². The first kappa shape index (κ1) is 15.0. The van der Waals surface area contributed by atoms with Gasteiger partial charge in [-0.05, 0) is 51.0 Å². The zero-order valence-electron chi connectivity index (χ0n) is 13.4. The molecule has 0 spiro atoms. The van der Waals surface area contributed by atoms with Crippen LogP contribution in [-0.2, 0) is 0 Å². The fraction of sp³-hybridized carbons (Fsp3) is 0.222. The summed E-state index contributed by atoms with van der Waals surface area (Å²) in [5.74, 6) is 0. The Morgan fingerprint density at radius 2 is 1.13 bits per heavy atom. The first-order chi connectivity index (χ1) is 11.0. The molecule has 3 heterocycles. The molecule has 2 nitrogen and oxygen atoms in total. The SMILES string of the molecule is Cc1cc(C)c(-c2ccc(-c3sc(C)cc3C)c3nsnc23)s1. The molecule has 3 aromatic heterocycles. The molecule has 0 unspecified atom stereocenters. The lowest BCUT2D eigenvalue weighted by Gasteiger charge is -2.06. The second-order valence-corrected chi connectivity index (χ2v) is 8.90. The number of hydrogen-bond donors (Lipinski definition) is 0. The highest BCUT2D eigenvalue weighted by atomic mass is 32.1. The Balaban J connectivity index is 1.98. The van der Waals surface area contributed by atoms with Crippen molar-refractivity contribution in [2.75, 3.05) is 0 Å². The van der Waals surface area contributed by atoms with Gasteiger partial charge in [0.05, 0.1) is 11.7 Å². The number of benzene rings is 1. The van der Waals surface area contributed by atoms with Crippen LogP contribution in [0, 0.1) is 27.7 Å². The van der Waals surface area contributed by atoms with Crippen molar-refractivity contribution < 1.29 is 0 Å². The molecule has 4 rings (SSSR count). The topological polar surface area (TPSA) is 25.8 Å². The van der Waals surface area contributed by atoms with E-state index in [9.17, 15) is 0 Å². The van der Waals surface area contributed by atoms with Crippen molar-refractivity contribution in [2.45, 2.75) is 27.7 Å². The molecule has 23 heavy (non-hydrogen) atoms. The van der Waals surface area contributed by atoms with Crippen molar-refractivity contribution in [3.63, 3.8) is 0 Å². The molecular weight excluding hydrogens is 340 g/mol. The highest BCUT2D eigenvalue weighted by molar-refractivity contribution is 7.16. The number of nitrogens with zero attached hydrogens (tertiary/aromatic N) is 2. The number of rotatable bonds is 2. The third-order valence-corrected chi connectivity index (χ3v) is 6.89. The Labute approximate surface area is 147 Å². The third-order valence-electron chi connectivity index (χ3n) is 3.99. The van der Waals surface area contributed by atoms with E-state index in [0.29, 0.717) is 0 Å². The second kappa shape index (κ2) is 5.51. The summed E-state index contributed by atoms with van der Waals surface area (Å²) in [5, 5.41) is 0. The Hall–Kier alpha value is -1.56. The maximum atomic E-state index is 4.61. The number of thiophene rings is 2. The summed E-state index contributed by atoms with van der Waals surface area (Å²) in [4.78, 5) is 5.29. The molecule has 0 aliphatic rings. The van der Waals surface area contributed by atoms with E-state index in [1.807, 2.05) is 22.7 Å². The molecule has 0 saturated heterocycles. The van der Waals surface area contributed by atoms with Crippen molar-refractivity contribution in [3.8, 4) is 20.9 Å². The molecule has 0 radical (unpaired) electrons. The van der Waals surface area contributed by atoms with Gasteiger partial charge in [-0.3, -0.25) is 0 Å². The molecular formula is C18H16N2S3. The van der Waals surface area contributed by atoms with E-state index in [-0.39, 0.29) is 0 Å². The van der Waals surface area contributed by atoms with E-state index < -0.39 is 0 Å². The molecule has 1 aromatic carbocycles. The van der Waals surface area contributed by atoms with Crippen LogP contribution >= 0.6 is 34.4 Å². The molecule has 0 bridgehead atoms. The van der Waals surface area contributed by atoms with Crippen LogP contribution in [0.15, 0.2) is 24.3 Å². The fourth-order valence-electron chi connectivity index (χ4n) is 3.05. The highest BCUT2D eigenvalue weighted by Crippen LogP contribution is 2.41. The zero-order chi connectivity index (χ0) is 16.1. The van der Waals surface area contributed by atoms with Crippen molar-refractivity contribution in [2.24, 2.45) is 0 Å². The van der Waals surface area contributed by atoms with Gasteiger partial charge in [-0.1, -0.05) is 12.1 Å². The standard InChI is InChI=1S/C18H16N2S3/c1-9-7-11(3)21-17(9)13-5-6-14(16-15(13)19-23-20-16)18-10(2)8-12(4)22-18/h5-8H,1-4H3. The lowest BCUT2D eigenvalue weighted by molar-refractivity contribution is 1.49. The monoisotopic (exact) mass is 356 g/mol. The van der Waals surface area contributed by atoms with E-state index in [4.69, 9.17) is 0 Å². The van der Waals surface area contributed by atoms with Crippen molar-refractivity contribution in [1.29, 1.82) is 0 Å². The molecule has 0 amide bonds. The highest BCUT2D eigenvalue weighted by Gasteiger charge is 2.17. The number of hydrogen-bond acceptors (Lipinski definition) is 5. The van der Waals surface area contributed by atoms with Gasteiger partial charge in [0.2, 0.25) is 0 Å². The van der Waals surface area contributed by atoms with Gasteiger partial charge < -0.3 is 0 Å². The average Bonchev–Trinajstić information content (AvgIpc) is 3.17. The summed E-state index contributed by atoms with van der Waals surface area (Å²) in [6, 6.07) is 8.91. The summed E-state index contributed by atoms with van der Waals surface area (Å²) in [6.07, 6.45) is 0. The van der Waals surface area contributed by atoms with Gasteiger partial charge >= 0.3 is 0 Å². The van der Waals surface area contributed by atoms with E-state index in [2.05, 4.69) is 60.7 Å². The minimum Gasteiger partial charge on any atom is -0.172 e. The zero-order valence-corrected chi connectivity index (χ0v) is 15.9. The molecule has 5 heteroatoms. The number of aromatic nitrogens is 2. The quantitative estimate of drug-likeness (QED) is 0.416. The fourth-order valence-corrected chi connectivity index (χ4v) is 5.73. The molecule has 0 aliphatic heterocycles. The van der Waals surface area contributed by atoms with E-state index in [0.717, 1.165) is 11.0 Å². The maximum Gasteiger partial charge on any atom is 0.114 e. The Morgan fingerprint density at radius 3 is 1.48 bits per heavy atom. The van der Waals surface area contributed by atoms with Crippen molar-refractivity contribution in [3.05, 3.63) is 45.1 Å². The van der Waals surface area contributed by atoms with Gasteiger partial charge in [-0.25, -0.2) is 0 Å². The van der Waals surface area contributed by atoms with Crippen LogP contribution in [0.5, 0.6) is 0 Å². The molecule has 4 aromatic rings. The van der Waals surface area contributed by atoms with Crippen LogP contribution in [0.1, 0.15) is 20.9 Å². The van der Waals surface area contributed by atoms with Gasteiger partial charge in [0.1, 0.15) is 11.0 Å². The van der Waals surface area contributed by atoms with Crippen LogP contribution in [0.4, 0.5) is 0 Å². The molecule has 0 saturated carbocycles. The van der Waals surface area contributed by atoms with Crippen LogP contribution in [-0.4, -0.2) is 8.75 Å². The van der Waals surface area contributed by atoms with Gasteiger partial charge in [-0.2, -0.15) is 8.75 Å². The summed E-state index contributed by atoms with van der Waals surface area (Å²) in [7, 11) is 0. The maximum absolute atomic E-state index is 4.61. The molecule has 0 atom stereocenters. The Bertz CT molecular complexity index is 940.